The summed E-state index contributed by atoms with van der Waals surface area (Å²) in [6.07, 6.45) is 0.511. The van der Waals surface area contributed by atoms with Crippen molar-refractivity contribution in [3.63, 3.8) is 0 Å². The summed E-state index contributed by atoms with van der Waals surface area (Å²) in [6, 6.07) is 10.5. The van der Waals surface area contributed by atoms with Crippen molar-refractivity contribution in [3.05, 3.63) is 59.2 Å². The van der Waals surface area contributed by atoms with Crippen LogP contribution in [-0.4, -0.2) is 60.8 Å². The van der Waals surface area contributed by atoms with Gasteiger partial charge in [0.05, 0.1) is 25.3 Å². The predicted octanol–water partition coefficient (Wildman–Crippen LogP) is 3.89. The van der Waals surface area contributed by atoms with Gasteiger partial charge in [-0.3, -0.25) is 9.59 Å². The van der Waals surface area contributed by atoms with E-state index < -0.39 is 17.7 Å². The first-order chi connectivity index (χ1) is 16.3. The number of aliphatic hydroxyl groups is 1. The summed E-state index contributed by atoms with van der Waals surface area (Å²) in [7, 11) is 2.97. The van der Waals surface area contributed by atoms with E-state index in [-0.39, 0.29) is 29.4 Å². The van der Waals surface area contributed by atoms with Crippen LogP contribution in [0.2, 0.25) is 0 Å². The average Bonchev–Trinajstić information content (AvgIpc) is 3.08. The largest absolute Gasteiger partial charge is 0.507 e. The number of nitrogens with zero attached hydrogens (tertiary/aromatic N) is 1. The van der Waals surface area contributed by atoms with E-state index in [0.29, 0.717) is 42.4 Å². The Bertz CT molecular complexity index is 1060. The van der Waals surface area contributed by atoms with Crippen LogP contribution in [0.4, 0.5) is 0 Å². The third-order valence-corrected chi connectivity index (χ3v) is 5.52. The molecule has 1 amide bonds. The molecule has 1 aliphatic heterocycles. The molecule has 0 saturated carbocycles. The summed E-state index contributed by atoms with van der Waals surface area (Å²) in [5.41, 5.74) is 0.901. The third kappa shape index (κ3) is 5.34. The molecular formula is C26H31NO7. The second kappa shape index (κ2) is 11.1. The van der Waals surface area contributed by atoms with Gasteiger partial charge in [-0.25, -0.2) is 0 Å². The molecule has 8 heteroatoms. The van der Waals surface area contributed by atoms with Crippen molar-refractivity contribution < 1.29 is 34.0 Å². The molecule has 0 aliphatic carbocycles. The quantitative estimate of drug-likeness (QED) is 0.235. The molecule has 34 heavy (non-hydrogen) atoms. The van der Waals surface area contributed by atoms with Gasteiger partial charge >= 0.3 is 0 Å². The van der Waals surface area contributed by atoms with Gasteiger partial charge in [0.15, 0.2) is 11.5 Å². The summed E-state index contributed by atoms with van der Waals surface area (Å²) >= 11 is 0. The van der Waals surface area contributed by atoms with E-state index in [1.54, 1.807) is 43.5 Å². The number of aliphatic hydroxyl groups excluding tert-OH is 1. The molecule has 0 spiro atoms. The number of ether oxygens (including phenoxy) is 3. The van der Waals surface area contributed by atoms with E-state index in [1.165, 1.54) is 18.1 Å². The Labute approximate surface area is 199 Å². The summed E-state index contributed by atoms with van der Waals surface area (Å²) in [5.74, 6) is -0.612. The zero-order valence-electron chi connectivity index (χ0n) is 19.9. The molecule has 1 aliphatic rings. The molecule has 2 N–H and O–H groups in total. The lowest BCUT2D eigenvalue weighted by Gasteiger charge is -2.25. The first-order valence-corrected chi connectivity index (χ1v) is 11.2. The van der Waals surface area contributed by atoms with Crippen LogP contribution in [0.25, 0.3) is 5.76 Å². The van der Waals surface area contributed by atoms with Crippen LogP contribution in [0.3, 0.4) is 0 Å². The Morgan fingerprint density at radius 1 is 1.09 bits per heavy atom. The molecule has 8 nitrogen and oxygen atoms in total. The predicted molar refractivity (Wildman–Crippen MR) is 127 cm³/mol. The highest BCUT2D eigenvalue weighted by atomic mass is 16.5. The van der Waals surface area contributed by atoms with Crippen LogP contribution in [0.5, 0.6) is 17.2 Å². The van der Waals surface area contributed by atoms with Crippen molar-refractivity contribution in [2.45, 2.75) is 26.3 Å². The minimum atomic E-state index is -0.844. The number of benzene rings is 2. The van der Waals surface area contributed by atoms with Gasteiger partial charge in [-0.15, -0.1) is 0 Å². The van der Waals surface area contributed by atoms with Crippen LogP contribution in [0.1, 0.15) is 37.4 Å². The molecule has 182 valence electrons. The zero-order chi connectivity index (χ0) is 24.8. The van der Waals surface area contributed by atoms with Gasteiger partial charge in [0.25, 0.3) is 11.7 Å². The Kier molecular flexibility index (Phi) is 8.17. The monoisotopic (exact) mass is 469 g/mol. The van der Waals surface area contributed by atoms with Gasteiger partial charge in [-0.05, 0) is 54.3 Å². The van der Waals surface area contributed by atoms with Crippen LogP contribution in [-0.2, 0) is 14.3 Å². The maximum absolute atomic E-state index is 13.1. The number of Topliss-reactive ketones (excluding diaryl/α,β-unsaturated/α-hetero) is 1. The highest BCUT2D eigenvalue weighted by molar-refractivity contribution is 6.46. The summed E-state index contributed by atoms with van der Waals surface area (Å²) in [4.78, 5) is 27.4. The van der Waals surface area contributed by atoms with Crippen LogP contribution in [0, 0.1) is 5.92 Å². The van der Waals surface area contributed by atoms with Crippen LogP contribution < -0.4 is 9.47 Å². The first-order valence-electron chi connectivity index (χ1n) is 11.2. The fourth-order valence-corrected chi connectivity index (χ4v) is 3.83. The van der Waals surface area contributed by atoms with Gasteiger partial charge < -0.3 is 29.3 Å². The highest BCUT2D eigenvalue weighted by Gasteiger charge is 2.46. The molecule has 1 fully saturated rings. The molecule has 0 bridgehead atoms. The number of hydrogen-bond acceptors (Lipinski definition) is 7. The highest BCUT2D eigenvalue weighted by Crippen LogP contribution is 2.41. The van der Waals surface area contributed by atoms with E-state index in [1.807, 2.05) is 13.8 Å². The number of hydrogen-bond donors (Lipinski definition) is 2. The van der Waals surface area contributed by atoms with Crippen molar-refractivity contribution in [3.8, 4) is 17.2 Å². The molecule has 0 radical (unpaired) electrons. The van der Waals surface area contributed by atoms with Gasteiger partial charge in [-0.1, -0.05) is 19.9 Å². The standard InChI is InChI=1S/C26H31NO7/c1-16(2)15-34-19-9-6-17(7-10-19)24(29)22-23(18-8-11-20(28)21(14-18)33-4)27(12-5-13-32-3)26(31)25(22)30/h6-11,14,16,23,28-29H,5,12-13,15H2,1-4H3/b24-22+/t23-/m0/s1. The summed E-state index contributed by atoms with van der Waals surface area (Å²) < 4.78 is 16.0. The lowest BCUT2D eigenvalue weighted by Crippen LogP contribution is -2.31. The van der Waals surface area contributed by atoms with E-state index in [4.69, 9.17) is 14.2 Å². The number of carbonyl (C=O) groups is 2. The molecule has 1 saturated heterocycles. The number of phenols is 1. The van der Waals surface area contributed by atoms with E-state index in [2.05, 4.69) is 0 Å². The van der Waals surface area contributed by atoms with Gasteiger partial charge in [-0.2, -0.15) is 0 Å². The van der Waals surface area contributed by atoms with E-state index in [0.717, 1.165) is 0 Å². The third-order valence-electron chi connectivity index (χ3n) is 5.52. The number of rotatable bonds is 10. The lowest BCUT2D eigenvalue weighted by molar-refractivity contribution is -0.140. The smallest absolute Gasteiger partial charge is 0.295 e. The lowest BCUT2D eigenvalue weighted by atomic mass is 9.95. The minimum Gasteiger partial charge on any atom is -0.507 e. The first kappa shape index (κ1) is 25.1. The van der Waals surface area contributed by atoms with Crippen molar-refractivity contribution in [1.82, 2.24) is 4.90 Å². The Hall–Kier alpha value is -3.52. The normalized spacial score (nSPS) is 17.4. The summed E-state index contributed by atoms with van der Waals surface area (Å²) in [6.45, 7) is 5.31. The molecule has 3 rings (SSSR count). The number of phenolic OH excluding ortho intramolecular Hbond substituents is 1. The molecular weight excluding hydrogens is 438 g/mol. The van der Waals surface area contributed by atoms with Gasteiger partial charge in [0, 0.05) is 25.8 Å². The number of aromatic hydroxyl groups is 1. The summed E-state index contributed by atoms with van der Waals surface area (Å²) in [5, 5.41) is 21.2. The van der Waals surface area contributed by atoms with Crippen molar-refractivity contribution in [1.29, 1.82) is 0 Å². The molecule has 1 heterocycles. The van der Waals surface area contributed by atoms with E-state index >= 15 is 0 Å². The van der Waals surface area contributed by atoms with Gasteiger partial charge in [0.1, 0.15) is 11.5 Å². The van der Waals surface area contributed by atoms with Gasteiger partial charge in [0.2, 0.25) is 0 Å². The fourth-order valence-electron chi connectivity index (χ4n) is 3.83. The zero-order valence-corrected chi connectivity index (χ0v) is 19.9. The Morgan fingerprint density at radius 2 is 1.79 bits per heavy atom. The molecule has 2 aromatic carbocycles. The van der Waals surface area contributed by atoms with Crippen molar-refractivity contribution in [2.75, 3.05) is 34.0 Å². The molecule has 2 aromatic rings. The Morgan fingerprint density at radius 3 is 2.41 bits per heavy atom. The number of likely N-dealkylation sites (tertiary alicyclic amines) is 1. The maximum atomic E-state index is 13.1. The van der Waals surface area contributed by atoms with Crippen molar-refractivity contribution >= 4 is 17.4 Å². The van der Waals surface area contributed by atoms with E-state index in [9.17, 15) is 19.8 Å². The SMILES string of the molecule is COCCCN1C(=O)C(=O)/C(=C(/O)c2ccc(OCC(C)C)cc2)[C@@H]1c1ccc(O)c(OC)c1. The minimum absolute atomic E-state index is 0.0222. The van der Waals surface area contributed by atoms with Crippen LogP contribution in [0.15, 0.2) is 48.0 Å². The molecule has 1 atom stereocenters. The fraction of sp³-hybridized carbons (Fsp3) is 0.385. The second-order valence-electron chi connectivity index (χ2n) is 8.50. The average molecular weight is 470 g/mol. The maximum Gasteiger partial charge on any atom is 0.295 e. The molecule has 0 aromatic heterocycles. The molecule has 0 unspecified atom stereocenters. The second-order valence-corrected chi connectivity index (χ2v) is 8.50. The number of carbonyl (C=O) groups excluding carboxylic acids is 2. The van der Waals surface area contributed by atoms with Crippen molar-refractivity contribution in [2.24, 2.45) is 5.92 Å². The number of methoxy groups -OCH3 is 2. The number of amides is 1. The van der Waals surface area contributed by atoms with Crippen LogP contribution >= 0.6 is 0 Å². The Balaban J connectivity index is 2.05. The number of ketones is 1. The topological polar surface area (TPSA) is 106 Å².